The summed E-state index contributed by atoms with van der Waals surface area (Å²) in [6.07, 6.45) is 4.44. The highest BCUT2D eigenvalue weighted by Gasteiger charge is 2.26. The molecule has 1 aromatic carbocycles. The molecule has 1 N–H and O–H groups in total. The summed E-state index contributed by atoms with van der Waals surface area (Å²) in [5, 5.41) is 3.47. The van der Waals surface area contributed by atoms with Crippen LogP contribution in [0.2, 0.25) is 0 Å². The number of hydrogen-bond acceptors (Lipinski definition) is 1. The maximum Gasteiger partial charge on any atom is 0.159 e. The van der Waals surface area contributed by atoms with Gasteiger partial charge in [0.2, 0.25) is 0 Å². The van der Waals surface area contributed by atoms with Crippen molar-refractivity contribution < 1.29 is 8.78 Å². The van der Waals surface area contributed by atoms with Crippen LogP contribution in [0.25, 0.3) is 0 Å². The highest BCUT2D eigenvalue weighted by molar-refractivity contribution is 5.18. The van der Waals surface area contributed by atoms with Gasteiger partial charge in [-0.15, -0.1) is 0 Å². The van der Waals surface area contributed by atoms with Crippen LogP contribution in [-0.2, 0) is 6.42 Å². The maximum atomic E-state index is 13.1. The molecule has 1 aliphatic carbocycles. The minimum absolute atomic E-state index is 0.535. The fourth-order valence-corrected chi connectivity index (χ4v) is 2.78. The predicted molar refractivity (Wildman–Crippen MR) is 64.9 cm³/mol. The first-order valence-electron chi connectivity index (χ1n) is 6.38. The first-order valence-corrected chi connectivity index (χ1v) is 6.38. The van der Waals surface area contributed by atoms with Gasteiger partial charge in [-0.05, 0) is 49.4 Å². The van der Waals surface area contributed by atoms with Gasteiger partial charge in [0, 0.05) is 6.04 Å². The molecule has 0 aromatic heterocycles. The molecule has 1 saturated carbocycles. The predicted octanol–water partition coefficient (Wildman–Crippen LogP) is 3.29. The standard InChI is InChI=1S/C14H19F2N/c1-2-17-14-5-3-4-11(14)8-10-6-7-12(15)13(16)9-10/h6-7,9,11,14,17H,2-5,8H2,1H3. The molecule has 0 amide bonds. The van der Waals surface area contributed by atoms with E-state index in [0.717, 1.165) is 18.5 Å². The van der Waals surface area contributed by atoms with Crippen molar-refractivity contribution in [3.05, 3.63) is 35.4 Å². The van der Waals surface area contributed by atoms with E-state index in [1.54, 1.807) is 6.07 Å². The van der Waals surface area contributed by atoms with Crippen LogP contribution in [0, 0.1) is 17.6 Å². The number of nitrogens with one attached hydrogen (secondary N) is 1. The van der Waals surface area contributed by atoms with Gasteiger partial charge in [-0.1, -0.05) is 19.4 Å². The quantitative estimate of drug-likeness (QED) is 0.850. The molecule has 94 valence electrons. The first-order chi connectivity index (χ1) is 8.20. The van der Waals surface area contributed by atoms with Gasteiger partial charge in [0.05, 0.1) is 0 Å². The van der Waals surface area contributed by atoms with Gasteiger partial charge in [-0.2, -0.15) is 0 Å². The summed E-state index contributed by atoms with van der Waals surface area (Å²) in [5.74, 6) is -0.941. The Morgan fingerprint density at radius 1 is 1.24 bits per heavy atom. The Balaban J connectivity index is 2.02. The molecule has 0 saturated heterocycles. The van der Waals surface area contributed by atoms with Gasteiger partial charge < -0.3 is 5.32 Å². The molecule has 2 rings (SSSR count). The SMILES string of the molecule is CCNC1CCCC1Cc1ccc(F)c(F)c1. The minimum atomic E-state index is -0.761. The first kappa shape index (κ1) is 12.5. The summed E-state index contributed by atoms with van der Waals surface area (Å²) in [5.41, 5.74) is 0.902. The molecule has 0 heterocycles. The molecule has 0 bridgehead atoms. The maximum absolute atomic E-state index is 13.1. The Bertz CT molecular complexity index is 378. The van der Waals surface area contributed by atoms with Crippen molar-refractivity contribution in [1.29, 1.82) is 0 Å². The van der Waals surface area contributed by atoms with E-state index in [9.17, 15) is 8.78 Å². The van der Waals surface area contributed by atoms with Gasteiger partial charge in [0.25, 0.3) is 0 Å². The number of halogens is 2. The number of benzene rings is 1. The van der Waals surface area contributed by atoms with E-state index in [4.69, 9.17) is 0 Å². The fourth-order valence-electron chi connectivity index (χ4n) is 2.78. The minimum Gasteiger partial charge on any atom is -0.314 e. The topological polar surface area (TPSA) is 12.0 Å². The second kappa shape index (κ2) is 5.58. The Labute approximate surface area is 101 Å². The molecule has 1 nitrogen and oxygen atoms in total. The van der Waals surface area contributed by atoms with Crippen LogP contribution in [0.3, 0.4) is 0 Å². The van der Waals surface area contributed by atoms with Crippen molar-refractivity contribution in [2.75, 3.05) is 6.54 Å². The van der Waals surface area contributed by atoms with Crippen molar-refractivity contribution in [2.45, 2.75) is 38.6 Å². The highest BCUT2D eigenvalue weighted by atomic mass is 19.2. The molecule has 1 fully saturated rings. The third-order valence-electron chi connectivity index (χ3n) is 3.61. The van der Waals surface area contributed by atoms with Crippen molar-refractivity contribution in [3.63, 3.8) is 0 Å². The molecular formula is C14H19F2N. The lowest BCUT2D eigenvalue weighted by Gasteiger charge is -2.20. The van der Waals surface area contributed by atoms with Crippen LogP contribution in [0.1, 0.15) is 31.7 Å². The second-order valence-corrected chi connectivity index (χ2v) is 4.81. The van der Waals surface area contributed by atoms with Crippen molar-refractivity contribution in [1.82, 2.24) is 5.32 Å². The Morgan fingerprint density at radius 2 is 2.06 bits per heavy atom. The van der Waals surface area contributed by atoms with Crippen molar-refractivity contribution in [3.8, 4) is 0 Å². The van der Waals surface area contributed by atoms with Crippen molar-refractivity contribution in [2.24, 2.45) is 5.92 Å². The molecule has 1 aliphatic rings. The second-order valence-electron chi connectivity index (χ2n) is 4.81. The van der Waals surface area contributed by atoms with Crippen LogP contribution >= 0.6 is 0 Å². The zero-order chi connectivity index (χ0) is 12.3. The zero-order valence-corrected chi connectivity index (χ0v) is 10.2. The lowest BCUT2D eigenvalue weighted by Crippen LogP contribution is -2.33. The van der Waals surface area contributed by atoms with Crippen LogP contribution in [0.5, 0.6) is 0 Å². The Hall–Kier alpha value is -0.960. The molecule has 0 radical (unpaired) electrons. The molecule has 0 aliphatic heterocycles. The average molecular weight is 239 g/mol. The van der Waals surface area contributed by atoms with E-state index in [1.807, 2.05) is 0 Å². The summed E-state index contributed by atoms with van der Waals surface area (Å²) in [6.45, 7) is 3.08. The van der Waals surface area contributed by atoms with Crippen LogP contribution in [-0.4, -0.2) is 12.6 Å². The largest absolute Gasteiger partial charge is 0.314 e. The van der Waals surface area contributed by atoms with E-state index in [2.05, 4.69) is 12.2 Å². The van der Waals surface area contributed by atoms with E-state index in [0.29, 0.717) is 12.0 Å². The van der Waals surface area contributed by atoms with Gasteiger partial charge in [0.1, 0.15) is 0 Å². The van der Waals surface area contributed by atoms with Gasteiger partial charge in [0.15, 0.2) is 11.6 Å². The third kappa shape index (κ3) is 3.03. The normalized spacial score (nSPS) is 24.2. The molecule has 2 unspecified atom stereocenters. The lowest BCUT2D eigenvalue weighted by molar-refractivity contribution is 0.405. The molecule has 1 aromatic rings. The molecule has 3 heteroatoms. The van der Waals surface area contributed by atoms with Crippen LogP contribution in [0.4, 0.5) is 8.78 Å². The summed E-state index contributed by atoms with van der Waals surface area (Å²) in [7, 11) is 0. The van der Waals surface area contributed by atoms with Crippen LogP contribution in [0.15, 0.2) is 18.2 Å². The monoisotopic (exact) mass is 239 g/mol. The van der Waals surface area contributed by atoms with E-state index >= 15 is 0 Å². The average Bonchev–Trinajstić information content (AvgIpc) is 2.72. The Morgan fingerprint density at radius 3 is 2.76 bits per heavy atom. The fraction of sp³-hybridized carbons (Fsp3) is 0.571. The smallest absolute Gasteiger partial charge is 0.159 e. The lowest BCUT2D eigenvalue weighted by atomic mass is 9.94. The number of rotatable bonds is 4. The summed E-state index contributed by atoms with van der Waals surface area (Å²) < 4.78 is 25.9. The molecule has 0 spiro atoms. The number of hydrogen-bond donors (Lipinski definition) is 1. The molecule has 17 heavy (non-hydrogen) atoms. The summed E-state index contributed by atoms with van der Waals surface area (Å²) in [6, 6.07) is 4.78. The summed E-state index contributed by atoms with van der Waals surface area (Å²) >= 11 is 0. The van der Waals surface area contributed by atoms with E-state index in [1.165, 1.54) is 31.4 Å². The van der Waals surface area contributed by atoms with Gasteiger partial charge >= 0.3 is 0 Å². The summed E-state index contributed by atoms with van der Waals surface area (Å²) in [4.78, 5) is 0. The molecular weight excluding hydrogens is 220 g/mol. The van der Waals surface area contributed by atoms with E-state index < -0.39 is 11.6 Å². The molecule has 2 atom stereocenters. The van der Waals surface area contributed by atoms with Crippen LogP contribution < -0.4 is 5.32 Å². The van der Waals surface area contributed by atoms with Gasteiger partial charge in [-0.3, -0.25) is 0 Å². The zero-order valence-electron chi connectivity index (χ0n) is 10.2. The Kier molecular flexibility index (Phi) is 4.11. The van der Waals surface area contributed by atoms with Crippen molar-refractivity contribution >= 4 is 0 Å². The van der Waals surface area contributed by atoms with Gasteiger partial charge in [-0.25, -0.2) is 8.78 Å². The van der Waals surface area contributed by atoms with E-state index in [-0.39, 0.29) is 0 Å². The highest BCUT2D eigenvalue weighted by Crippen LogP contribution is 2.29. The third-order valence-corrected chi connectivity index (χ3v) is 3.61.